The van der Waals surface area contributed by atoms with E-state index in [-0.39, 0.29) is 0 Å². The van der Waals surface area contributed by atoms with E-state index in [9.17, 15) is 0 Å². The molecular weight excluding hydrogens is 222 g/mol. The zero-order valence-electron chi connectivity index (χ0n) is 10.8. The second kappa shape index (κ2) is 7.40. The maximum atomic E-state index is 5.88. The first-order valence-corrected chi connectivity index (χ1v) is 8.08. The van der Waals surface area contributed by atoms with E-state index in [0.717, 1.165) is 25.6 Å². The van der Waals surface area contributed by atoms with Crippen LogP contribution in [-0.4, -0.2) is 54.7 Å². The fourth-order valence-corrected chi connectivity index (χ4v) is 4.06. The molecular formula is C11H25NO3Si. The van der Waals surface area contributed by atoms with Gasteiger partial charge in [-0.15, -0.1) is 0 Å². The molecule has 1 aliphatic rings. The van der Waals surface area contributed by atoms with E-state index in [2.05, 4.69) is 11.9 Å². The van der Waals surface area contributed by atoms with E-state index in [4.69, 9.17) is 13.3 Å². The van der Waals surface area contributed by atoms with Crippen molar-refractivity contribution >= 4 is 8.80 Å². The Kier molecular flexibility index (Phi) is 6.53. The smallest absolute Gasteiger partial charge is 0.377 e. The Morgan fingerprint density at radius 3 is 2.38 bits per heavy atom. The van der Waals surface area contributed by atoms with Crippen molar-refractivity contribution in [3.63, 3.8) is 0 Å². The monoisotopic (exact) mass is 247 g/mol. The van der Waals surface area contributed by atoms with Crippen LogP contribution >= 0.6 is 0 Å². The van der Waals surface area contributed by atoms with Gasteiger partial charge in [0.05, 0.1) is 6.61 Å². The molecule has 0 aromatic rings. The van der Waals surface area contributed by atoms with Crippen LogP contribution in [0.25, 0.3) is 0 Å². The average Bonchev–Trinajstić information content (AvgIpc) is 2.34. The van der Waals surface area contributed by atoms with Gasteiger partial charge in [-0.3, -0.25) is 0 Å². The molecule has 4 nitrogen and oxygen atoms in total. The maximum Gasteiger partial charge on any atom is 0.500 e. The SMILES string of the molecule is CO[Si]1(OC)CCCCCCN(C)CCO1. The largest absolute Gasteiger partial charge is 0.500 e. The lowest BCUT2D eigenvalue weighted by Gasteiger charge is -2.27. The highest BCUT2D eigenvalue weighted by molar-refractivity contribution is 6.60. The highest BCUT2D eigenvalue weighted by atomic mass is 28.4. The minimum absolute atomic E-state index is 0.713. The molecule has 0 N–H and O–H groups in total. The molecule has 5 heteroatoms. The molecule has 1 aliphatic heterocycles. The van der Waals surface area contributed by atoms with Crippen LogP contribution in [0.2, 0.25) is 6.04 Å². The Morgan fingerprint density at radius 2 is 1.69 bits per heavy atom. The van der Waals surface area contributed by atoms with Crippen molar-refractivity contribution in [2.75, 3.05) is 41.0 Å². The second-order valence-corrected chi connectivity index (χ2v) is 7.38. The van der Waals surface area contributed by atoms with Crippen LogP contribution in [-0.2, 0) is 13.3 Å². The predicted molar refractivity (Wildman–Crippen MR) is 66.5 cm³/mol. The van der Waals surface area contributed by atoms with Gasteiger partial charge >= 0.3 is 8.80 Å². The van der Waals surface area contributed by atoms with Gasteiger partial charge < -0.3 is 18.2 Å². The molecule has 0 spiro atoms. The third-order valence-corrected chi connectivity index (χ3v) is 6.04. The minimum atomic E-state index is -2.35. The Balaban J connectivity index is 2.50. The fraction of sp³-hybridized carbons (Fsp3) is 1.00. The number of hydrogen-bond acceptors (Lipinski definition) is 4. The number of nitrogens with zero attached hydrogens (tertiary/aromatic N) is 1. The van der Waals surface area contributed by atoms with Gasteiger partial charge in [0.2, 0.25) is 0 Å². The number of likely N-dealkylation sites (N-methyl/N-ethyl adjacent to an activating group) is 1. The van der Waals surface area contributed by atoms with Gasteiger partial charge in [-0.2, -0.15) is 0 Å². The number of hydrogen-bond donors (Lipinski definition) is 0. The zero-order chi connectivity index (χ0) is 11.9. The van der Waals surface area contributed by atoms with Gasteiger partial charge in [-0.05, 0) is 26.4 Å². The fourth-order valence-electron chi connectivity index (χ4n) is 2.02. The van der Waals surface area contributed by atoms with E-state index in [1.807, 2.05) is 0 Å². The van der Waals surface area contributed by atoms with Crippen LogP contribution in [0, 0.1) is 0 Å². The molecule has 1 heterocycles. The lowest BCUT2D eigenvalue weighted by Crippen LogP contribution is -2.45. The van der Waals surface area contributed by atoms with Crippen LogP contribution in [0.15, 0.2) is 0 Å². The van der Waals surface area contributed by atoms with Crippen molar-refractivity contribution in [1.82, 2.24) is 4.90 Å². The summed E-state index contributed by atoms with van der Waals surface area (Å²) in [5.74, 6) is 0. The highest BCUT2D eigenvalue weighted by Crippen LogP contribution is 2.19. The van der Waals surface area contributed by atoms with Crippen molar-refractivity contribution < 1.29 is 13.3 Å². The first kappa shape index (κ1) is 14.1. The molecule has 1 fully saturated rings. The van der Waals surface area contributed by atoms with Crippen LogP contribution in [0.4, 0.5) is 0 Å². The third-order valence-electron chi connectivity index (χ3n) is 3.19. The van der Waals surface area contributed by atoms with Crippen molar-refractivity contribution in [2.45, 2.75) is 31.7 Å². The number of rotatable bonds is 2. The summed E-state index contributed by atoms with van der Waals surface area (Å²) in [6.45, 7) is 2.84. The maximum absolute atomic E-state index is 5.88. The Labute approximate surface area is 100 Å². The van der Waals surface area contributed by atoms with Gasteiger partial charge in [0.1, 0.15) is 0 Å². The summed E-state index contributed by atoms with van der Waals surface area (Å²) in [5, 5.41) is 0. The summed E-state index contributed by atoms with van der Waals surface area (Å²) in [4.78, 5) is 2.32. The summed E-state index contributed by atoms with van der Waals surface area (Å²) in [7, 11) is 3.21. The quantitative estimate of drug-likeness (QED) is 0.696. The van der Waals surface area contributed by atoms with Gasteiger partial charge in [0.25, 0.3) is 0 Å². The molecule has 96 valence electrons. The average molecular weight is 247 g/mol. The van der Waals surface area contributed by atoms with Crippen LogP contribution in [0.5, 0.6) is 0 Å². The van der Waals surface area contributed by atoms with Gasteiger partial charge in [0.15, 0.2) is 0 Å². The van der Waals surface area contributed by atoms with E-state index in [0.29, 0.717) is 6.61 Å². The van der Waals surface area contributed by atoms with E-state index < -0.39 is 8.80 Å². The third kappa shape index (κ3) is 4.51. The zero-order valence-corrected chi connectivity index (χ0v) is 11.8. The van der Waals surface area contributed by atoms with Crippen molar-refractivity contribution in [1.29, 1.82) is 0 Å². The molecule has 0 unspecified atom stereocenters. The summed E-state index contributed by atoms with van der Waals surface area (Å²) < 4.78 is 16.9. The molecule has 0 bridgehead atoms. The Morgan fingerprint density at radius 1 is 1.00 bits per heavy atom. The standard InChI is InChI=1S/C11H25NO3Si/c1-12-8-6-4-5-7-11-16(13-2,14-3)15-10-9-12/h4-11H2,1-3H3. The molecule has 0 aromatic carbocycles. The first-order chi connectivity index (χ1) is 7.72. The second-order valence-electron chi connectivity index (χ2n) is 4.41. The predicted octanol–water partition coefficient (Wildman–Crippen LogP) is 1.74. The lowest BCUT2D eigenvalue weighted by atomic mass is 10.2. The van der Waals surface area contributed by atoms with Gasteiger partial charge in [-0.25, -0.2) is 0 Å². The van der Waals surface area contributed by atoms with Crippen LogP contribution in [0.1, 0.15) is 25.7 Å². The molecule has 0 aliphatic carbocycles. The Bertz CT molecular complexity index is 188. The minimum Gasteiger partial charge on any atom is -0.377 e. The molecule has 1 saturated heterocycles. The van der Waals surface area contributed by atoms with Crippen LogP contribution in [0.3, 0.4) is 0 Å². The van der Waals surface area contributed by atoms with E-state index in [1.54, 1.807) is 14.2 Å². The van der Waals surface area contributed by atoms with Crippen molar-refractivity contribution in [3.8, 4) is 0 Å². The molecule has 0 saturated carbocycles. The van der Waals surface area contributed by atoms with Crippen LogP contribution < -0.4 is 0 Å². The molecule has 0 radical (unpaired) electrons. The molecule has 0 aromatic heterocycles. The molecule has 0 amide bonds. The Hall–Kier alpha value is 0.0569. The normalized spacial score (nSPS) is 24.9. The first-order valence-electron chi connectivity index (χ1n) is 6.15. The highest BCUT2D eigenvalue weighted by Gasteiger charge is 2.38. The van der Waals surface area contributed by atoms with Gasteiger partial charge in [-0.1, -0.05) is 12.8 Å². The topological polar surface area (TPSA) is 30.9 Å². The van der Waals surface area contributed by atoms with E-state index in [1.165, 1.54) is 19.3 Å². The molecule has 0 atom stereocenters. The van der Waals surface area contributed by atoms with Crippen molar-refractivity contribution in [3.05, 3.63) is 0 Å². The van der Waals surface area contributed by atoms with Gasteiger partial charge in [0, 0.05) is 26.8 Å². The van der Waals surface area contributed by atoms with Crippen molar-refractivity contribution in [2.24, 2.45) is 0 Å². The molecule has 1 rings (SSSR count). The summed E-state index contributed by atoms with van der Waals surface area (Å²) >= 11 is 0. The lowest BCUT2D eigenvalue weighted by molar-refractivity contribution is 0.0891. The summed E-state index contributed by atoms with van der Waals surface area (Å²) in [6, 6.07) is 0.948. The van der Waals surface area contributed by atoms with E-state index >= 15 is 0 Å². The summed E-state index contributed by atoms with van der Waals surface area (Å²) in [5.41, 5.74) is 0. The molecule has 16 heavy (non-hydrogen) atoms. The summed E-state index contributed by atoms with van der Waals surface area (Å²) in [6.07, 6.45) is 4.98.